The third-order valence-electron chi connectivity index (χ3n) is 6.30. The Kier molecular flexibility index (Phi) is 4.25. The highest BCUT2D eigenvalue weighted by Crippen LogP contribution is 2.57. The molecule has 0 spiro atoms. The number of fused-ring (bicyclic) bond motifs is 3. The van der Waals surface area contributed by atoms with E-state index in [1.165, 1.54) is 11.1 Å². The van der Waals surface area contributed by atoms with E-state index in [1.54, 1.807) is 0 Å². The number of carbonyl (C=O) groups is 1. The number of nitrogens with zero attached hydrogens (tertiary/aromatic N) is 1. The summed E-state index contributed by atoms with van der Waals surface area (Å²) in [7, 11) is 0. The van der Waals surface area contributed by atoms with E-state index >= 15 is 0 Å². The van der Waals surface area contributed by atoms with Gasteiger partial charge in [0.05, 0.1) is 12.3 Å². The molecule has 2 aliphatic carbocycles. The van der Waals surface area contributed by atoms with Crippen LogP contribution in [0.25, 0.3) is 0 Å². The Hall–Kier alpha value is -1.52. The lowest BCUT2D eigenvalue weighted by Crippen LogP contribution is -2.36. The predicted octanol–water partition coefficient (Wildman–Crippen LogP) is 6.27. The zero-order valence-corrected chi connectivity index (χ0v) is 17.5. The molecule has 2 aromatic carbocycles. The first-order valence-electron chi connectivity index (χ1n) is 9.52. The standard InChI is InChI=1S/C22H21BrClNO2/c1-12-15(4-2-6-19(12)24)16-9-14(16)11-27-22(26)25-10-13-8-17(13)21-18(23)5-3-7-20(21)25/h2-7,13-14,16-17H,8-11H2,1H3/t13-,14?,16?,17-/m0/s1. The van der Waals surface area contributed by atoms with Gasteiger partial charge in [-0.15, -0.1) is 0 Å². The van der Waals surface area contributed by atoms with Crippen molar-refractivity contribution in [3.05, 3.63) is 62.6 Å². The van der Waals surface area contributed by atoms with Gasteiger partial charge in [-0.1, -0.05) is 45.7 Å². The van der Waals surface area contributed by atoms with Crippen molar-refractivity contribution >= 4 is 39.3 Å². The van der Waals surface area contributed by atoms with Gasteiger partial charge in [-0.2, -0.15) is 0 Å². The molecule has 0 saturated heterocycles. The lowest BCUT2D eigenvalue weighted by Gasteiger charge is -2.29. The monoisotopic (exact) mass is 445 g/mol. The van der Waals surface area contributed by atoms with Gasteiger partial charge in [0.1, 0.15) is 0 Å². The van der Waals surface area contributed by atoms with Crippen LogP contribution in [0.4, 0.5) is 10.5 Å². The minimum atomic E-state index is -0.215. The third-order valence-corrected chi connectivity index (χ3v) is 7.41. The molecule has 0 N–H and O–H groups in total. The van der Waals surface area contributed by atoms with Crippen LogP contribution in [0, 0.1) is 18.8 Å². The number of carbonyl (C=O) groups excluding carboxylic acids is 1. The van der Waals surface area contributed by atoms with E-state index in [1.807, 2.05) is 29.2 Å². The quantitative estimate of drug-likeness (QED) is 0.555. The molecule has 2 saturated carbocycles. The molecule has 140 valence electrons. The smallest absolute Gasteiger partial charge is 0.414 e. The molecule has 0 aromatic heterocycles. The SMILES string of the molecule is Cc1c(Cl)cccc1C1CC1COC(=O)N1C[C@@H]2C[C@@H]2c2c(Br)cccc21. The maximum atomic E-state index is 12.8. The molecule has 27 heavy (non-hydrogen) atoms. The van der Waals surface area contributed by atoms with Crippen molar-refractivity contribution in [2.45, 2.75) is 31.6 Å². The number of rotatable bonds is 3. The van der Waals surface area contributed by atoms with Gasteiger partial charge in [0, 0.05) is 22.0 Å². The molecule has 0 radical (unpaired) electrons. The van der Waals surface area contributed by atoms with Crippen LogP contribution in [0.1, 0.15) is 41.4 Å². The lowest BCUT2D eigenvalue weighted by atomic mass is 10.0. The van der Waals surface area contributed by atoms with Crippen LogP contribution < -0.4 is 4.90 Å². The van der Waals surface area contributed by atoms with Crippen molar-refractivity contribution in [2.24, 2.45) is 11.8 Å². The Bertz CT molecular complexity index is 931. The fraction of sp³-hybridized carbons (Fsp3) is 0.409. The van der Waals surface area contributed by atoms with Gasteiger partial charge in [0.2, 0.25) is 0 Å². The molecule has 1 aliphatic heterocycles. The van der Waals surface area contributed by atoms with Gasteiger partial charge in [0.25, 0.3) is 0 Å². The van der Waals surface area contributed by atoms with Crippen molar-refractivity contribution < 1.29 is 9.53 Å². The largest absolute Gasteiger partial charge is 0.449 e. The molecule has 5 rings (SSSR count). The molecule has 2 aromatic rings. The van der Waals surface area contributed by atoms with Gasteiger partial charge in [-0.25, -0.2) is 4.79 Å². The van der Waals surface area contributed by atoms with E-state index in [-0.39, 0.29) is 6.09 Å². The second kappa shape index (κ2) is 6.52. The van der Waals surface area contributed by atoms with E-state index < -0.39 is 0 Å². The van der Waals surface area contributed by atoms with Crippen LogP contribution in [0.3, 0.4) is 0 Å². The Morgan fingerprint density at radius 2 is 2.04 bits per heavy atom. The van der Waals surface area contributed by atoms with E-state index in [0.717, 1.165) is 40.1 Å². The Morgan fingerprint density at radius 3 is 2.89 bits per heavy atom. The fourth-order valence-corrected chi connectivity index (χ4v) is 5.36. The maximum absolute atomic E-state index is 12.8. The van der Waals surface area contributed by atoms with Crippen molar-refractivity contribution in [1.82, 2.24) is 0 Å². The Morgan fingerprint density at radius 1 is 1.22 bits per heavy atom. The molecule has 0 bridgehead atoms. The summed E-state index contributed by atoms with van der Waals surface area (Å²) >= 11 is 9.90. The summed E-state index contributed by atoms with van der Waals surface area (Å²) in [5.74, 6) is 2.02. The highest BCUT2D eigenvalue weighted by molar-refractivity contribution is 9.10. The van der Waals surface area contributed by atoms with Crippen LogP contribution in [0.5, 0.6) is 0 Å². The number of ether oxygens (including phenoxy) is 1. The average Bonchev–Trinajstić information content (AvgIpc) is 3.56. The average molecular weight is 447 g/mol. The summed E-state index contributed by atoms with van der Waals surface area (Å²) in [6.45, 7) is 3.31. The summed E-state index contributed by atoms with van der Waals surface area (Å²) in [4.78, 5) is 14.6. The highest BCUT2D eigenvalue weighted by Gasteiger charge is 2.48. The van der Waals surface area contributed by atoms with Crippen LogP contribution in [0.2, 0.25) is 5.02 Å². The second-order valence-corrected chi connectivity index (χ2v) is 9.28. The van der Waals surface area contributed by atoms with Crippen molar-refractivity contribution in [3.63, 3.8) is 0 Å². The number of halogens is 2. The van der Waals surface area contributed by atoms with Crippen molar-refractivity contribution in [3.8, 4) is 0 Å². The number of anilines is 1. The fourth-order valence-electron chi connectivity index (χ4n) is 4.53. The number of hydrogen-bond donors (Lipinski definition) is 0. The molecule has 2 fully saturated rings. The summed E-state index contributed by atoms with van der Waals surface area (Å²) in [6.07, 6.45) is 2.01. The maximum Gasteiger partial charge on any atom is 0.414 e. The number of hydrogen-bond acceptors (Lipinski definition) is 2. The van der Waals surface area contributed by atoms with Crippen LogP contribution in [-0.2, 0) is 4.74 Å². The Balaban J connectivity index is 1.26. The molecule has 4 atom stereocenters. The topological polar surface area (TPSA) is 29.5 Å². The zero-order valence-electron chi connectivity index (χ0n) is 15.1. The molecule has 5 heteroatoms. The number of amides is 1. The van der Waals surface area contributed by atoms with Crippen LogP contribution in [-0.4, -0.2) is 19.2 Å². The summed E-state index contributed by atoms with van der Waals surface area (Å²) in [5.41, 5.74) is 4.71. The minimum Gasteiger partial charge on any atom is -0.449 e. The highest BCUT2D eigenvalue weighted by atomic mass is 79.9. The minimum absolute atomic E-state index is 0.215. The summed E-state index contributed by atoms with van der Waals surface area (Å²) in [6, 6.07) is 12.1. The normalized spacial score (nSPS) is 27.6. The molecule has 2 unspecified atom stereocenters. The molecular formula is C22H21BrClNO2. The van der Waals surface area contributed by atoms with E-state index in [0.29, 0.717) is 30.3 Å². The van der Waals surface area contributed by atoms with Gasteiger partial charge >= 0.3 is 6.09 Å². The van der Waals surface area contributed by atoms with E-state index in [4.69, 9.17) is 16.3 Å². The van der Waals surface area contributed by atoms with Crippen molar-refractivity contribution in [1.29, 1.82) is 0 Å². The lowest BCUT2D eigenvalue weighted by molar-refractivity contribution is 0.147. The number of benzene rings is 2. The summed E-state index contributed by atoms with van der Waals surface area (Å²) in [5, 5.41) is 0.810. The van der Waals surface area contributed by atoms with Gasteiger partial charge in [-0.3, -0.25) is 4.90 Å². The van der Waals surface area contributed by atoms with E-state index in [9.17, 15) is 4.79 Å². The van der Waals surface area contributed by atoms with Gasteiger partial charge in [0.15, 0.2) is 0 Å². The third kappa shape index (κ3) is 3.07. The second-order valence-electron chi connectivity index (χ2n) is 8.02. The Labute approximate surface area is 172 Å². The summed E-state index contributed by atoms with van der Waals surface area (Å²) < 4.78 is 6.83. The molecule has 3 aliphatic rings. The predicted molar refractivity (Wildman–Crippen MR) is 111 cm³/mol. The molecule has 3 nitrogen and oxygen atoms in total. The zero-order chi connectivity index (χ0) is 18.7. The van der Waals surface area contributed by atoms with Gasteiger partial charge in [-0.05, 0) is 72.4 Å². The van der Waals surface area contributed by atoms with Gasteiger partial charge < -0.3 is 4.74 Å². The van der Waals surface area contributed by atoms with Crippen LogP contribution >= 0.6 is 27.5 Å². The first-order chi connectivity index (χ1) is 13.0. The first kappa shape index (κ1) is 17.6. The molecule has 1 amide bonds. The van der Waals surface area contributed by atoms with Crippen LogP contribution in [0.15, 0.2) is 40.9 Å². The van der Waals surface area contributed by atoms with E-state index in [2.05, 4.69) is 35.0 Å². The molecule has 1 heterocycles. The van der Waals surface area contributed by atoms with Crippen molar-refractivity contribution in [2.75, 3.05) is 18.1 Å². The molecular weight excluding hydrogens is 426 g/mol. The first-order valence-corrected chi connectivity index (χ1v) is 10.7.